The zero-order valence-corrected chi connectivity index (χ0v) is 17.0. The number of methoxy groups -OCH3 is 1. The van der Waals surface area contributed by atoms with Crippen LogP contribution in [-0.4, -0.2) is 31.4 Å². The molecule has 4 heteroatoms. The molecule has 3 rings (SSSR count). The predicted octanol–water partition coefficient (Wildman–Crippen LogP) is 4.87. The molecule has 0 bridgehead atoms. The van der Waals surface area contributed by atoms with Crippen LogP contribution in [-0.2, 0) is 16.0 Å². The smallest absolute Gasteiger partial charge is 0.331 e. The van der Waals surface area contributed by atoms with Crippen molar-refractivity contribution in [3.8, 4) is 5.75 Å². The number of carbonyl (C=O) groups excluding carboxylic acids is 1. The fraction of sp³-hybridized carbons (Fsp3) is 0.154. The first-order valence-electron chi connectivity index (χ1n) is 9.80. The third-order valence-corrected chi connectivity index (χ3v) is 4.58. The minimum atomic E-state index is -0.686. The highest BCUT2D eigenvalue weighted by Gasteiger charge is 2.21. The molecule has 0 aliphatic heterocycles. The summed E-state index contributed by atoms with van der Waals surface area (Å²) >= 11 is 0. The molecule has 1 atom stereocenters. The molecule has 0 heterocycles. The minimum absolute atomic E-state index is 0.152. The highest BCUT2D eigenvalue weighted by molar-refractivity contribution is 6.13. The van der Waals surface area contributed by atoms with Crippen molar-refractivity contribution in [1.82, 2.24) is 0 Å². The van der Waals surface area contributed by atoms with E-state index in [2.05, 4.69) is 6.58 Å². The number of benzene rings is 3. The molecular weight excluding hydrogens is 374 g/mol. The molecule has 0 saturated carbocycles. The summed E-state index contributed by atoms with van der Waals surface area (Å²) in [5.74, 6) is 0.386. The second-order valence-electron chi connectivity index (χ2n) is 6.70. The van der Waals surface area contributed by atoms with E-state index in [9.17, 15) is 4.79 Å². The first-order chi connectivity index (χ1) is 14.7. The van der Waals surface area contributed by atoms with E-state index < -0.39 is 6.04 Å². The second-order valence-corrected chi connectivity index (χ2v) is 6.70. The Morgan fingerprint density at radius 2 is 1.50 bits per heavy atom. The van der Waals surface area contributed by atoms with Crippen LogP contribution in [0.5, 0.6) is 5.75 Å². The summed E-state index contributed by atoms with van der Waals surface area (Å²) in [6.07, 6.45) is 1.98. The van der Waals surface area contributed by atoms with Crippen LogP contribution < -0.4 is 4.74 Å². The molecule has 3 aromatic rings. The quantitative estimate of drug-likeness (QED) is 0.293. The van der Waals surface area contributed by atoms with E-state index in [4.69, 9.17) is 14.5 Å². The van der Waals surface area contributed by atoms with Crippen molar-refractivity contribution < 1.29 is 14.3 Å². The molecule has 1 unspecified atom stereocenters. The van der Waals surface area contributed by atoms with Gasteiger partial charge in [0.25, 0.3) is 0 Å². The molecule has 0 amide bonds. The van der Waals surface area contributed by atoms with Gasteiger partial charge >= 0.3 is 5.97 Å². The number of hydrogen-bond donors (Lipinski definition) is 0. The van der Waals surface area contributed by atoms with Crippen LogP contribution in [0.1, 0.15) is 16.7 Å². The number of ether oxygens (including phenoxy) is 2. The second kappa shape index (κ2) is 10.8. The van der Waals surface area contributed by atoms with Crippen molar-refractivity contribution in [2.75, 3.05) is 13.7 Å². The van der Waals surface area contributed by atoms with Gasteiger partial charge in [0.2, 0.25) is 0 Å². The minimum Gasteiger partial charge on any atom is -0.497 e. The van der Waals surface area contributed by atoms with Crippen molar-refractivity contribution in [2.24, 2.45) is 4.99 Å². The lowest BCUT2D eigenvalue weighted by Gasteiger charge is -2.15. The topological polar surface area (TPSA) is 47.9 Å². The van der Waals surface area contributed by atoms with E-state index in [1.165, 1.54) is 0 Å². The van der Waals surface area contributed by atoms with E-state index in [-0.39, 0.29) is 12.6 Å². The molecule has 0 spiro atoms. The Morgan fingerprint density at radius 1 is 0.933 bits per heavy atom. The molecule has 4 nitrogen and oxygen atoms in total. The van der Waals surface area contributed by atoms with Gasteiger partial charge in [-0.25, -0.2) is 4.79 Å². The maximum absolute atomic E-state index is 12.8. The highest BCUT2D eigenvalue weighted by atomic mass is 16.5. The summed E-state index contributed by atoms with van der Waals surface area (Å²) in [6, 6.07) is 26.7. The molecule has 30 heavy (non-hydrogen) atoms. The average Bonchev–Trinajstić information content (AvgIpc) is 2.81. The van der Waals surface area contributed by atoms with E-state index in [0.717, 1.165) is 28.2 Å². The Kier molecular flexibility index (Phi) is 7.56. The lowest BCUT2D eigenvalue weighted by molar-refractivity contribution is -0.143. The maximum Gasteiger partial charge on any atom is 0.331 e. The number of hydrogen-bond acceptors (Lipinski definition) is 4. The van der Waals surface area contributed by atoms with Crippen LogP contribution in [0, 0.1) is 0 Å². The third-order valence-electron chi connectivity index (χ3n) is 4.58. The Bertz CT molecular complexity index is 938. The monoisotopic (exact) mass is 399 g/mol. The Morgan fingerprint density at radius 3 is 2.00 bits per heavy atom. The van der Waals surface area contributed by atoms with E-state index in [1.54, 1.807) is 13.2 Å². The maximum atomic E-state index is 12.8. The van der Waals surface area contributed by atoms with Gasteiger partial charge in [0.1, 0.15) is 12.4 Å². The van der Waals surface area contributed by atoms with E-state index >= 15 is 0 Å². The first-order valence-corrected chi connectivity index (χ1v) is 9.80. The molecule has 3 aromatic carbocycles. The fourth-order valence-electron chi connectivity index (χ4n) is 3.07. The SMILES string of the molecule is C=CCOC(=O)C(Cc1ccc(OC)cc1)N=C(c1ccccc1)c1ccccc1. The number of esters is 1. The summed E-state index contributed by atoms with van der Waals surface area (Å²) in [5, 5.41) is 0. The van der Waals surface area contributed by atoms with Gasteiger partial charge in [-0.2, -0.15) is 0 Å². The number of rotatable bonds is 9. The summed E-state index contributed by atoms with van der Waals surface area (Å²) in [4.78, 5) is 17.7. The number of nitrogens with zero attached hydrogens (tertiary/aromatic N) is 1. The van der Waals surface area contributed by atoms with Crippen LogP contribution >= 0.6 is 0 Å². The molecule has 0 fully saturated rings. The molecule has 0 saturated heterocycles. The van der Waals surface area contributed by atoms with Gasteiger partial charge in [0.05, 0.1) is 12.8 Å². The third kappa shape index (κ3) is 5.67. The van der Waals surface area contributed by atoms with Crippen LogP contribution in [0.2, 0.25) is 0 Å². The van der Waals surface area contributed by atoms with Gasteiger partial charge in [0.15, 0.2) is 6.04 Å². The van der Waals surface area contributed by atoms with E-state index in [1.807, 2.05) is 84.9 Å². The summed E-state index contributed by atoms with van der Waals surface area (Å²) in [7, 11) is 1.63. The van der Waals surface area contributed by atoms with Gasteiger partial charge < -0.3 is 9.47 Å². The van der Waals surface area contributed by atoms with Crippen LogP contribution in [0.3, 0.4) is 0 Å². The van der Waals surface area contributed by atoms with E-state index in [0.29, 0.717) is 6.42 Å². The zero-order valence-electron chi connectivity index (χ0n) is 17.0. The highest BCUT2D eigenvalue weighted by Crippen LogP contribution is 2.17. The molecule has 0 N–H and O–H groups in total. The van der Waals surface area contributed by atoms with Crippen molar-refractivity contribution >= 4 is 11.7 Å². The Labute approximate surface area is 177 Å². The predicted molar refractivity (Wildman–Crippen MR) is 120 cm³/mol. The Hall–Kier alpha value is -3.66. The van der Waals surface area contributed by atoms with Gasteiger partial charge in [-0.1, -0.05) is 85.5 Å². The van der Waals surface area contributed by atoms with Crippen molar-refractivity contribution in [2.45, 2.75) is 12.5 Å². The molecular formula is C26H25NO3. The summed E-state index contributed by atoms with van der Waals surface area (Å²) < 4.78 is 10.6. The normalized spacial score (nSPS) is 11.2. The fourth-order valence-corrected chi connectivity index (χ4v) is 3.07. The molecule has 152 valence electrons. The van der Waals surface area contributed by atoms with Gasteiger partial charge in [-0.3, -0.25) is 4.99 Å². The average molecular weight is 399 g/mol. The van der Waals surface area contributed by atoms with Gasteiger partial charge in [-0.15, -0.1) is 0 Å². The van der Waals surface area contributed by atoms with Crippen LogP contribution in [0.4, 0.5) is 0 Å². The molecule has 0 radical (unpaired) electrons. The van der Waals surface area contributed by atoms with Crippen molar-refractivity contribution in [3.05, 3.63) is 114 Å². The van der Waals surface area contributed by atoms with Gasteiger partial charge in [0, 0.05) is 17.5 Å². The van der Waals surface area contributed by atoms with Crippen LogP contribution in [0.25, 0.3) is 0 Å². The molecule has 0 aromatic heterocycles. The largest absolute Gasteiger partial charge is 0.497 e. The number of aliphatic imine (C=N–C) groups is 1. The lowest BCUT2D eigenvalue weighted by atomic mass is 10.0. The first kappa shape index (κ1) is 21.1. The van der Waals surface area contributed by atoms with Crippen molar-refractivity contribution in [1.29, 1.82) is 0 Å². The van der Waals surface area contributed by atoms with Gasteiger partial charge in [-0.05, 0) is 17.7 Å². The number of carbonyl (C=O) groups is 1. The van der Waals surface area contributed by atoms with Crippen molar-refractivity contribution in [3.63, 3.8) is 0 Å². The molecule has 0 aliphatic carbocycles. The summed E-state index contributed by atoms with van der Waals surface area (Å²) in [5.41, 5.74) is 3.62. The zero-order chi connectivity index (χ0) is 21.2. The Balaban J connectivity index is 2.00. The van der Waals surface area contributed by atoms with Crippen LogP contribution in [0.15, 0.2) is 103 Å². The standard InChI is InChI=1S/C26H25NO3/c1-3-18-30-26(28)24(19-20-14-16-23(29-2)17-15-20)27-25(21-10-6-4-7-11-21)22-12-8-5-9-13-22/h3-17,24H,1,18-19H2,2H3. The lowest BCUT2D eigenvalue weighted by Crippen LogP contribution is -2.26. The summed E-state index contributed by atoms with van der Waals surface area (Å²) in [6.45, 7) is 3.78. The molecule has 0 aliphatic rings.